The van der Waals surface area contributed by atoms with Crippen molar-refractivity contribution < 1.29 is 19.1 Å². The van der Waals surface area contributed by atoms with Crippen LogP contribution in [0.2, 0.25) is 0 Å². The molecule has 1 atom stereocenters. The molecule has 2 aliphatic heterocycles. The summed E-state index contributed by atoms with van der Waals surface area (Å²) in [5.74, 6) is 0.607. The van der Waals surface area contributed by atoms with E-state index in [1.165, 1.54) is 32.1 Å². The molecule has 1 aromatic carbocycles. The van der Waals surface area contributed by atoms with E-state index in [-0.39, 0.29) is 24.0 Å². The van der Waals surface area contributed by atoms with E-state index in [2.05, 4.69) is 11.8 Å². The van der Waals surface area contributed by atoms with Crippen LogP contribution < -0.4 is 4.74 Å². The van der Waals surface area contributed by atoms with Crippen molar-refractivity contribution in [2.75, 3.05) is 27.2 Å². The topological polar surface area (TPSA) is 59.1 Å². The number of hydrogen-bond donors (Lipinski definition) is 0. The van der Waals surface area contributed by atoms with Crippen molar-refractivity contribution >= 4 is 11.9 Å². The predicted octanol–water partition coefficient (Wildman–Crippen LogP) is 4.32. The molecule has 1 saturated carbocycles. The number of hydrogen-bond acceptors (Lipinski definition) is 5. The van der Waals surface area contributed by atoms with Gasteiger partial charge in [-0.2, -0.15) is 0 Å². The number of amides is 1. The second kappa shape index (κ2) is 9.19. The summed E-state index contributed by atoms with van der Waals surface area (Å²) in [7, 11) is 3.55. The maximum atomic E-state index is 13.3. The zero-order chi connectivity index (χ0) is 22.0. The Kier molecular flexibility index (Phi) is 6.56. The molecule has 1 aliphatic carbocycles. The third-order valence-electron chi connectivity index (χ3n) is 7.70. The number of nitrogens with zero attached hydrogens (tertiary/aromatic N) is 2. The highest BCUT2D eigenvalue weighted by molar-refractivity contribution is 5.95. The summed E-state index contributed by atoms with van der Waals surface area (Å²) in [5.41, 5.74) is 0.974. The summed E-state index contributed by atoms with van der Waals surface area (Å²) in [5, 5.41) is 0. The summed E-state index contributed by atoms with van der Waals surface area (Å²) in [6.07, 6.45) is 9.35. The Balaban J connectivity index is 1.40. The molecule has 1 spiro atoms. The van der Waals surface area contributed by atoms with Crippen LogP contribution in [-0.4, -0.2) is 55.1 Å². The average molecular weight is 429 g/mol. The number of fused-ring (bicyclic) bond motifs is 2. The zero-order valence-corrected chi connectivity index (χ0v) is 19.2. The second-order valence-electron chi connectivity index (χ2n) is 9.45. The van der Waals surface area contributed by atoms with Crippen molar-refractivity contribution in [2.24, 2.45) is 5.92 Å². The van der Waals surface area contributed by atoms with Gasteiger partial charge >= 0.3 is 5.97 Å². The second-order valence-corrected chi connectivity index (χ2v) is 9.45. The van der Waals surface area contributed by atoms with Gasteiger partial charge in [-0.3, -0.25) is 9.69 Å². The van der Waals surface area contributed by atoms with Gasteiger partial charge in [0.1, 0.15) is 11.4 Å². The van der Waals surface area contributed by atoms with E-state index < -0.39 is 5.60 Å². The first-order valence-corrected chi connectivity index (χ1v) is 11.9. The number of benzene rings is 1. The third kappa shape index (κ3) is 4.32. The lowest BCUT2D eigenvalue weighted by molar-refractivity contribution is -0.142. The van der Waals surface area contributed by atoms with E-state index in [1.807, 2.05) is 24.1 Å². The van der Waals surface area contributed by atoms with Crippen LogP contribution in [0.1, 0.15) is 80.6 Å². The lowest BCUT2D eigenvalue weighted by Crippen LogP contribution is -2.50. The highest BCUT2D eigenvalue weighted by Gasteiger charge is 2.49. The van der Waals surface area contributed by atoms with Gasteiger partial charge < -0.3 is 14.4 Å². The standard InChI is InChI=1S/C25H36N2O4/c1-18(27-15-7-5-4-6-8-16-27)26(2)23(28)19-11-13-25(14-12-19)22-10-9-20(30-3)17-21(22)24(29)31-25/h9-10,17-19H,4-8,11-16H2,1-3H3. The minimum absolute atomic E-state index is 0.00571. The fourth-order valence-corrected chi connectivity index (χ4v) is 5.57. The summed E-state index contributed by atoms with van der Waals surface area (Å²) >= 11 is 0. The molecular formula is C25H36N2O4. The van der Waals surface area contributed by atoms with Crippen LogP contribution >= 0.6 is 0 Å². The molecule has 2 fully saturated rings. The van der Waals surface area contributed by atoms with Gasteiger partial charge in [-0.25, -0.2) is 4.79 Å². The lowest BCUT2D eigenvalue weighted by Gasteiger charge is -2.40. The zero-order valence-electron chi connectivity index (χ0n) is 19.2. The van der Waals surface area contributed by atoms with Crippen molar-refractivity contribution in [1.82, 2.24) is 9.80 Å². The number of methoxy groups -OCH3 is 1. The van der Waals surface area contributed by atoms with E-state index in [0.717, 1.165) is 31.5 Å². The predicted molar refractivity (Wildman–Crippen MR) is 119 cm³/mol. The van der Waals surface area contributed by atoms with Crippen LogP contribution in [0.4, 0.5) is 0 Å². The van der Waals surface area contributed by atoms with Gasteiger partial charge in [-0.1, -0.05) is 25.3 Å². The van der Waals surface area contributed by atoms with Crippen molar-refractivity contribution in [3.8, 4) is 5.75 Å². The SMILES string of the molecule is COc1ccc2c(c1)C(=O)OC21CCC(C(=O)N(C)C(C)N2CCCCCCC2)CC1. The molecule has 4 rings (SSSR count). The maximum absolute atomic E-state index is 13.3. The first-order valence-electron chi connectivity index (χ1n) is 11.9. The molecule has 1 saturated heterocycles. The van der Waals surface area contributed by atoms with Crippen LogP contribution in [0.15, 0.2) is 18.2 Å². The molecule has 6 heteroatoms. The summed E-state index contributed by atoms with van der Waals surface area (Å²) in [4.78, 5) is 30.2. The van der Waals surface area contributed by atoms with E-state index in [4.69, 9.17) is 9.47 Å². The Hall–Kier alpha value is -2.08. The Morgan fingerprint density at radius 2 is 1.81 bits per heavy atom. The van der Waals surface area contributed by atoms with Gasteiger partial charge in [0.05, 0.1) is 18.8 Å². The smallest absolute Gasteiger partial charge is 0.339 e. The highest BCUT2D eigenvalue weighted by Crippen LogP contribution is 2.49. The molecule has 0 bridgehead atoms. The van der Waals surface area contributed by atoms with E-state index in [0.29, 0.717) is 24.2 Å². The molecular weight excluding hydrogens is 392 g/mol. The first-order chi connectivity index (χ1) is 14.9. The van der Waals surface area contributed by atoms with Gasteiger partial charge in [0, 0.05) is 31.6 Å². The molecule has 1 aromatic rings. The van der Waals surface area contributed by atoms with E-state index in [1.54, 1.807) is 13.2 Å². The fourth-order valence-electron chi connectivity index (χ4n) is 5.57. The van der Waals surface area contributed by atoms with E-state index >= 15 is 0 Å². The molecule has 3 aliphatic rings. The molecule has 2 heterocycles. The first kappa shape index (κ1) is 22.1. The Bertz CT molecular complexity index is 808. The maximum Gasteiger partial charge on any atom is 0.339 e. The fraction of sp³-hybridized carbons (Fsp3) is 0.680. The molecule has 6 nitrogen and oxygen atoms in total. The monoisotopic (exact) mass is 428 g/mol. The van der Waals surface area contributed by atoms with Crippen molar-refractivity contribution in [2.45, 2.75) is 76.5 Å². The normalized spacial score (nSPS) is 27.7. The minimum atomic E-state index is -0.581. The summed E-state index contributed by atoms with van der Waals surface area (Å²) in [6.45, 7) is 4.30. The van der Waals surface area contributed by atoms with Crippen LogP contribution in [0.5, 0.6) is 5.75 Å². The molecule has 170 valence electrons. The van der Waals surface area contributed by atoms with Crippen LogP contribution in [0.25, 0.3) is 0 Å². The van der Waals surface area contributed by atoms with Gasteiger partial charge in [0.25, 0.3) is 0 Å². The van der Waals surface area contributed by atoms with Crippen molar-refractivity contribution in [3.05, 3.63) is 29.3 Å². The molecule has 1 amide bonds. The largest absolute Gasteiger partial charge is 0.497 e. The number of carbonyl (C=O) groups is 2. The molecule has 31 heavy (non-hydrogen) atoms. The van der Waals surface area contributed by atoms with Gasteiger partial charge in [-0.05, 0) is 57.6 Å². The number of ether oxygens (including phenoxy) is 2. The molecule has 1 unspecified atom stereocenters. The minimum Gasteiger partial charge on any atom is -0.497 e. The third-order valence-corrected chi connectivity index (χ3v) is 7.70. The van der Waals surface area contributed by atoms with Crippen LogP contribution in [0, 0.1) is 5.92 Å². The molecule has 0 N–H and O–H groups in total. The summed E-state index contributed by atoms with van der Waals surface area (Å²) in [6, 6.07) is 5.61. The molecule has 0 aromatic heterocycles. The van der Waals surface area contributed by atoms with Crippen molar-refractivity contribution in [3.63, 3.8) is 0 Å². The average Bonchev–Trinajstić information content (AvgIpc) is 3.03. The van der Waals surface area contributed by atoms with Crippen molar-refractivity contribution in [1.29, 1.82) is 0 Å². The Morgan fingerprint density at radius 3 is 2.45 bits per heavy atom. The van der Waals surface area contributed by atoms with Gasteiger partial charge in [-0.15, -0.1) is 0 Å². The quantitative estimate of drug-likeness (QED) is 0.669. The summed E-state index contributed by atoms with van der Waals surface area (Å²) < 4.78 is 11.2. The van der Waals surface area contributed by atoms with Gasteiger partial charge in [0.2, 0.25) is 5.91 Å². The Morgan fingerprint density at radius 1 is 1.16 bits per heavy atom. The highest BCUT2D eigenvalue weighted by atomic mass is 16.6. The van der Waals surface area contributed by atoms with Crippen LogP contribution in [0.3, 0.4) is 0 Å². The van der Waals surface area contributed by atoms with Gasteiger partial charge in [0.15, 0.2) is 0 Å². The number of likely N-dealkylation sites (tertiary alicyclic amines) is 1. The molecule has 0 radical (unpaired) electrons. The number of carbonyl (C=O) groups excluding carboxylic acids is 2. The number of rotatable bonds is 4. The number of esters is 1. The van der Waals surface area contributed by atoms with Crippen LogP contribution in [-0.2, 0) is 15.1 Å². The Labute approximate surface area is 185 Å². The lowest BCUT2D eigenvalue weighted by atomic mass is 9.74. The van der Waals surface area contributed by atoms with E-state index in [9.17, 15) is 9.59 Å².